The van der Waals surface area contributed by atoms with Gasteiger partial charge in [-0.3, -0.25) is 9.11 Å². The summed E-state index contributed by atoms with van der Waals surface area (Å²) in [7, 11) is 0. The molecule has 0 unspecified atom stereocenters. The maximum atomic E-state index is 8.67. The molecule has 0 bridgehead atoms. The zero-order valence-corrected chi connectivity index (χ0v) is 4.66. The molecule has 0 amide bonds. The molecular formula is H2ClLiO3S. The molecule has 2 N–H and O–H groups in total. The standard InChI is InChI=1S/ClH.Li.H2O3S/c;;1-4(2)3/h1H;;(H2,1,2,3)/q;+1;/p-1. The minimum atomic E-state index is -2.61. The van der Waals surface area contributed by atoms with Crippen LogP contribution in [0.2, 0.25) is 0 Å². The van der Waals surface area contributed by atoms with Crippen LogP contribution in [0.5, 0.6) is 0 Å². The van der Waals surface area contributed by atoms with E-state index in [1.54, 1.807) is 0 Å². The molecule has 0 radical (unpaired) electrons. The molecule has 0 aliphatic heterocycles. The van der Waals surface area contributed by atoms with Crippen LogP contribution < -0.4 is 31.3 Å². The van der Waals surface area contributed by atoms with Gasteiger partial charge in [-0.15, -0.1) is 0 Å². The fraction of sp³-hybridized carbons (Fsp3) is 0. The topological polar surface area (TPSA) is 57.5 Å². The molecule has 0 saturated heterocycles. The van der Waals surface area contributed by atoms with E-state index in [0.29, 0.717) is 0 Å². The van der Waals surface area contributed by atoms with E-state index >= 15 is 0 Å². The second-order valence-corrected chi connectivity index (χ2v) is 0.692. The van der Waals surface area contributed by atoms with Crippen molar-refractivity contribution in [2.45, 2.75) is 0 Å². The molecule has 0 saturated carbocycles. The van der Waals surface area contributed by atoms with Crippen molar-refractivity contribution >= 4 is 11.4 Å². The molecule has 0 atom stereocenters. The summed E-state index contributed by atoms with van der Waals surface area (Å²) >= 11 is -2.61. The monoisotopic (exact) mass is 124 g/mol. The maximum Gasteiger partial charge on any atom is 1.00 e. The Hall–Kier alpha value is 0.957. The molecule has 6 heteroatoms. The number of hydrogen-bond acceptors (Lipinski definition) is 1. The minimum absolute atomic E-state index is 0. The van der Waals surface area contributed by atoms with Crippen molar-refractivity contribution in [1.29, 1.82) is 0 Å². The van der Waals surface area contributed by atoms with Crippen LogP contribution in [0.25, 0.3) is 0 Å². The Balaban J connectivity index is -0.0000000450. The van der Waals surface area contributed by atoms with Gasteiger partial charge in [-0.2, -0.15) is 4.21 Å². The van der Waals surface area contributed by atoms with E-state index < -0.39 is 11.4 Å². The van der Waals surface area contributed by atoms with Gasteiger partial charge in [0.05, 0.1) is 0 Å². The third kappa shape index (κ3) is 84.7. The Morgan fingerprint density at radius 1 is 1.33 bits per heavy atom. The summed E-state index contributed by atoms with van der Waals surface area (Å²) in [5.41, 5.74) is 0. The van der Waals surface area contributed by atoms with Crippen molar-refractivity contribution in [1.82, 2.24) is 0 Å². The van der Waals surface area contributed by atoms with Crippen molar-refractivity contribution < 1.29 is 44.6 Å². The molecule has 0 aromatic carbocycles. The first-order valence-corrected chi connectivity index (χ1v) is 1.60. The SMILES string of the molecule is O=S(O)O.[Cl-].[Li+]. The molecule has 0 aromatic heterocycles. The third-order valence-corrected chi connectivity index (χ3v) is 0. The molecule has 0 aromatic rings. The fourth-order valence-electron chi connectivity index (χ4n) is 0. The zero-order chi connectivity index (χ0) is 3.58. The fourth-order valence-corrected chi connectivity index (χ4v) is 0. The smallest absolute Gasteiger partial charge is 1.00 e. The van der Waals surface area contributed by atoms with Crippen molar-refractivity contribution in [2.24, 2.45) is 0 Å². The number of hydrogen-bond donors (Lipinski definition) is 2. The minimum Gasteiger partial charge on any atom is -1.00 e. The van der Waals surface area contributed by atoms with Crippen LogP contribution >= 0.6 is 0 Å². The Morgan fingerprint density at radius 3 is 1.33 bits per heavy atom. The van der Waals surface area contributed by atoms with Gasteiger partial charge in [-0.25, -0.2) is 0 Å². The van der Waals surface area contributed by atoms with Crippen molar-refractivity contribution in [3.63, 3.8) is 0 Å². The van der Waals surface area contributed by atoms with Gasteiger partial charge in [0.1, 0.15) is 0 Å². The van der Waals surface area contributed by atoms with E-state index in [4.69, 9.17) is 13.3 Å². The van der Waals surface area contributed by atoms with E-state index in [-0.39, 0.29) is 31.3 Å². The number of halogens is 1. The van der Waals surface area contributed by atoms with Gasteiger partial charge < -0.3 is 12.4 Å². The van der Waals surface area contributed by atoms with Gasteiger partial charge in [0, 0.05) is 0 Å². The van der Waals surface area contributed by atoms with Crippen LogP contribution in [0.4, 0.5) is 0 Å². The Morgan fingerprint density at radius 2 is 1.33 bits per heavy atom. The maximum absolute atomic E-state index is 8.67. The van der Waals surface area contributed by atoms with Crippen LogP contribution in [0, 0.1) is 0 Å². The summed E-state index contributed by atoms with van der Waals surface area (Å²) in [5, 5.41) is 0. The summed E-state index contributed by atoms with van der Waals surface area (Å²) < 4.78 is 22.8. The Labute approximate surface area is 56.2 Å². The average molecular weight is 124 g/mol. The van der Waals surface area contributed by atoms with Gasteiger partial charge in [0.2, 0.25) is 0 Å². The normalized spacial score (nSPS) is 5.83. The molecule has 0 spiro atoms. The molecule has 0 heterocycles. The molecule has 0 aliphatic carbocycles. The molecule has 34 valence electrons. The summed E-state index contributed by atoms with van der Waals surface area (Å²) in [6.07, 6.45) is 0. The van der Waals surface area contributed by atoms with Gasteiger partial charge in [0.15, 0.2) is 0 Å². The third-order valence-electron chi connectivity index (χ3n) is 0. The first kappa shape index (κ1) is 15.8. The number of rotatable bonds is 0. The van der Waals surface area contributed by atoms with Crippen LogP contribution in [-0.4, -0.2) is 13.3 Å². The van der Waals surface area contributed by atoms with E-state index in [9.17, 15) is 0 Å². The summed E-state index contributed by atoms with van der Waals surface area (Å²) in [5.74, 6) is 0. The largest absolute Gasteiger partial charge is 1.00 e. The summed E-state index contributed by atoms with van der Waals surface area (Å²) in [6, 6.07) is 0. The van der Waals surface area contributed by atoms with Gasteiger partial charge in [0.25, 0.3) is 11.4 Å². The van der Waals surface area contributed by atoms with Crippen LogP contribution in [0.3, 0.4) is 0 Å². The quantitative estimate of drug-likeness (QED) is 0.250. The molecule has 0 aliphatic rings. The Kier molecular flexibility index (Phi) is 24.6. The molecule has 3 nitrogen and oxygen atoms in total. The van der Waals surface area contributed by atoms with Crippen LogP contribution in [0.1, 0.15) is 0 Å². The molecule has 6 heavy (non-hydrogen) atoms. The van der Waals surface area contributed by atoms with E-state index in [0.717, 1.165) is 0 Å². The predicted octanol–water partition coefficient (Wildman–Crippen LogP) is -6.31. The van der Waals surface area contributed by atoms with Crippen molar-refractivity contribution in [3.8, 4) is 0 Å². The van der Waals surface area contributed by atoms with Gasteiger partial charge in [-0.05, 0) is 0 Å². The van der Waals surface area contributed by atoms with E-state index in [1.165, 1.54) is 0 Å². The predicted molar refractivity (Wildman–Crippen MR) is 13.4 cm³/mol. The zero-order valence-electron chi connectivity index (χ0n) is 3.09. The summed E-state index contributed by atoms with van der Waals surface area (Å²) in [6.45, 7) is 0. The van der Waals surface area contributed by atoms with E-state index in [1.807, 2.05) is 0 Å². The molecule has 0 rings (SSSR count). The summed E-state index contributed by atoms with van der Waals surface area (Å²) in [4.78, 5) is 0. The average Bonchev–Trinajstić information content (AvgIpc) is 0.811. The van der Waals surface area contributed by atoms with Crippen molar-refractivity contribution in [2.75, 3.05) is 0 Å². The van der Waals surface area contributed by atoms with Gasteiger partial charge >= 0.3 is 18.9 Å². The van der Waals surface area contributed by atoms with Crippen molar-refractivity contribution in [3.05, 3.63) is 0 Å². The van der Waals surface area contributed by atoms with Gasteiger partial charge in [-0.1, -0.05) is 0 Å². The molecule has 0 fully saturated rings. The van der Waals surface area contributed by atoms with Crippen LogP contribution in [-0.2, 0) is 11.4 Å². The second-order valence-electron chi connectivity index (χ2n) is 0.231. The Bertz CT molecular complexity index is 33.8. The second kappa shape index (κ2) is 9.35. The van der Waals surface area contributed by atoms with E-state index in [2.05, 4.69) is 0 Å². The van der Waals surface area contributed by atoms with Crippen LogP contribution in [0.15, 0.2) is 0 Å². The molecular weight excluding hydrogens is 122 g/mol. The first-order valence-electron chi connectivity index (χ1n) is 0.532. The first-order chi connectivity index (χ1) is 1.73.